The first-order chi connectivity index (χ1) is 12.8. The van der Waals surface area contributed by atoms with Crippen molar-refractivity contribution in [1.29, 1.82) is 0 Å². The van der Waals surface area contributed by atoms with Crippen molar-refractivity contribution in [3.63, 3.8) is 0 Å². The molecule has 0 radical (unpaired) electrons. The Morgan fingerprint density at radius 3 is 2.96 bits per heavy atom. The summed E-state index contributed by atoms with van der Waals surface area (Å²) < 4.78 is 2.28. The molecule has 134 valence electrons. The number of anilines is 1. The molecule has 1 aliphatic heterocycles. The van der Waals surface area contributed by atoms with Crippen LogP contribution in [0.1, 0.15) is 21.8 Å². The van der Waals surface area contributed by atoms with E-state index in [4.69, 9.17) is 0 Å². The fourth-order valence-corrected chi connectivity index (χ4v) is 4.13. The summed E-state index contributed by atoms with van der Waals surface area (Å²) in [4.78, 5) is 20.0. The third-order valence-corrected chi connectivity index (χ3v) is 5.61. The lowest BCUT2D eigenvalue weighted by atomic mass is 10.0. The maximum absolute atomic E-state index is 12.9. The van der Waals surface area contributed by atoms with Gasteiger partial charge in [0, 0.05) is 37.7 Å². The number of nitrogens with one attached hydrogen (secondary N) is 1. The normalized spacial score (nSPS) is 16.8. The van der Waals surface area contributed by atoms with Gasteiger partial charge in [-0.3, -0.25) is 4.79 Å². The summed E-state index contributed by atoms with van der Waals surface area (Å²) in [6.45, 7) is 3.25. The molecule has 5 nitrogen and oxygen atoms in total. The van der Waals surface area contributed by atoms with Crippen molar-refractivity contribution in [3.05, 3.63) is 70.8 Å². The zero-order valence-electron chi connectivity index (χ0n) is 14.5. The average molecular weight is 366 g/mol. The first-order valence-corrected chi connectivity index (χ1v) is 9.79. The van der Waals surface area contributed by atoms with Gasteiger partial charge in [0.1, 0.15) is 5.82 Å². The zero-order chi connectivity index (χ0) is 17.8. The highest BCUT2D eigenvalue weighted by atomic mass is 32.1. The number of carbonyl (C=O) groups is 1. The van der Waals surface area contributed by atoms with Crippen molar-refractivity contribution in [2.24, 2.45) is 5.92 Å². The molecule has 0 aliphatic carbocycles. The van der Waals surface area contributed by atoms with E-state index in [1.807, 2.05) is 40.6 Å². The van der Waals surface area contributed by atoms with Gasteiger partial charge in [0.05, 0.1) is 11.4 Å². The van der Waals surface area contributed by atoms with E-state index >= 15 is 0 Å². The van der Waals surface area contributed by atoms with Crippen molar-refractivity contribution < 1.29 is 4.79 Å². The van der Waals surface area contributed by atoms with Gasteiger partial charge in [-0.1, -0.05) is 12.1 Å². The number of hydrogen-bond donors (Lipinski definition) is 1. The lowest BCUT2D eigenvalue weighted by molar-refractivity contribution is 0.0724. The molecular formula is C20H22N4OS. The average Bonchev–Trinajstić information content (AvgIpc) is 3.31. The standard InChI is InChI=1S/C20H22N4OS/c25-20(18-6-4-12-26-18)24-14-16(13-23-11-3-5-17(23)15-24)8-10-22-19-7-1-2-9-21-19/h1-7,9,11-12,16H,8,10,13-15H2,(H,21,22)/t16-/m1/s1. The summed E-state index contributed by atoms with van der Waals surface area (Å²) in [6.07, 6.45) is 4.90. The van der Waals surface area contributed by atoms with E-state index in [1.165, 1.54) is 17.0 Å². The molecule has 1 aliphatic rings. The quantitative estimate of drug-likeness (QED) is 0.749. The van der Waals surface area contributed by atoms with E-state index in [9.17, 15) is 4.79 Å². The van der Waals surface area contributed by atoms with Crippen LogP contribution in [0.4, 0.5) is 5.82 Å². The van der Waals surface area contributed by atoms with Crippen LogP contribution in [-0.4, -0.2) is 33.4 Å². The SMILES string of the molecule is O=C(c1cccs1)N1Cc2cccn2C[C@@H](CCNc2ccccn2)C1. The van der Waals surface area contributed by atoms with E-state index in [2.05, 4.69) is 33.2 Å². The third kappa shape index (κ3) is 3.80. The Morgan fingerprint density at radius 1 is 1.19 bits per heavy atom. The van der Waals surface area contributed by atoms with E-state index in [0.29, 0.717) is 12.5 Å². The van der Waals surface area contributed by atoms with E-state index in [0.717, 1.165) is 36.8 Å². The maximum Gasteiger partial charge on any atom is 0.264 e. The molecule has 3 aromatic heterocycles. The highest BCUT2D eigenvalue weighted by Gasteiger charge is 2.25. The molecule has 0 spiro atoms. The summed E-state index contributed by atoms with van der Waals surface area (Å²) in [7, 11) is 0. The molecule has 0 bridgehead atoms. The van der Waals surface area contributed by atoms with Crippen molar-refractivity contribution in [2.75, 3.05) is 18.4 Å². The van der Waals surface area contributed by atoms with Crippen LogP contribution in [0, 0.1) is 5.92 Å². The van der Waals surface area contributed by atoms with Gasteiger partial charge in [-0.05, 0) is 48.1 Å². The molecule has 6 heteroatoms. The topological polar surface area (TPSA) is 50.2 Å². The number of thiophene rings is 1. The second-order valence-electron chi connectivity index (χ2n) is 6.61. The van der Waals surface area contributed by atoms with Crippen LogP contribution in [-0.2, 0) is 13.1 Å². The van der Waals surface area contributed by atoms with Gasteiger partial charge in [0.2, 0.25) is 0 Å². The molecular weight excluding hydrogens is 344 g/mol. The molecule has 1 atom stereocenters. The molecule has 4 rings (SSSR count). The summed E-state index contributed by atoms with van der Waals surface area (Å²) in [5, 5.41) is 5.34. The van der Waals surface area contributed by atoms with Crippen LogP contribution in [0.3, 0.4) is 0 Å². The number of carbonyl (C=O) groups excluding carboxylic acids is 1. The Hall–Kier alpha value is -2.60. The number of pyridine rings is 1. The molecule has 4 heterocycles. The van der Waals surface area contributed by atoms with Crippen molar-refractivity contribution in [3.8, 4) is 0 Å². The summed E-state index contributed by atoms with van der Waals surface area (Å²) in [6, 6.07) is 13.9. The molecule has 1 amide bonds. The fraction of sp³-hybridized carbons (Fsp3) is 0.300. The number of fused-ring (bicyclic) bond motifs is 1. The van der Waals surface area contributed by atoms with Gasteiger partial charge in [-0.2, -0.15) is 0 Å². The highest BCUT2D eigenvalue weighted by molar-refractivity contribution is 7.12. The van der Waals surface area contributed by atoms with Crippen LogP contribution >= 0.6 is 11.3 Å². The Labute approximate surface area is 157 Å². The first kappa shape index (κ1) is 16.8. The molecule has 0 saturated carbocycles. The molecule has 3 aromatic rings. The minimum atomic E-state index is 0.136. The number of rotatable bonds is 5. The number of aromatic nitrogens is 2. The van der Waals surface area contributed by atoms with E-state index in [1.54, 1.807) is 6.20 Å². The minimum absolute atomic E-state index is 0.136. The molecule has 0 fully saturated rings. The van der Waals surface area contributed by atoms with Gasteiger partial charge in [0.25, 0.3) is 5.91 Å². The lowest BCUT2D eigenvalue weighted by Gasteiger charge is -2.24. The van der Waals surface area contributed by atoms with Crippen molar-refractivity contribution >= 4 is 23.1 Å². The molecule has 0 saturated heterocycles. The Bertz CT molecular complexity index is 844. The van der Waals surface area contributed by atoms with E-state index in [-0.39, 0.29) is 5.91 Å². The Kier molecular flexibility index (Phi) is 5.02. The maximum atomic E-state index is 12.9. The highest BCUT2D eigenvalue weighted by Crippen LogP contribution is 2.22. The number of nitrogens with zero attached hydrogens (tertiary/aromatic N) is 3. The molecule has 0 unspecified atom stereocenters. The van der Waals surface area contributed by atoms with Crippen LogP contribution in [0.25, 0.3) is 0 Å². The monoisotopic (exact) mass is 366 g/mol. The second-order valence-corrected chi connectivity index (χ2v) is 7.56. The van der Waals surface area contributed by atoms with E-state index < -0.39 is 0 Å². The summed E-state index contributed by atoms with van der Waals surface area (Å²) in [5.74, 6) is 1.44. The smallest absolute Gasteiger partial charge is 0.264 e. The predicted octanol–water partition coefficient (Wildman–Crippen LogP) is 3.72. The second kappa shape index (κ2) is 7.74. The Balaban J connectivity index is 1.45. The Morgan fingerprint density at radius 2 is 2.15 bits per heavy atom. The number of hydrogen-bond acceptors (Lipinski definition) is 4. The van der Waals surface area contributed by atoms with Gasteiger partial charge in [-0.15, -0.1) is 11.3 Å². The molecule has 26 heavy (non-hydrogen) atoms. The van der Waals surface area contributed by atoms with Crippen LogP contribution in [0.15, 0.2) is 60.2 Å². The molecule has 0 aromatic carbocycles. The van der Waals surface area contributed by atoms with Crippen LogP contribution in [0.2, 0.25) is 0 Å². The van der Waals surface area contributed by atoms with Crippen molar-refractivity contribution in [2.45, 2.75) is 19.5 Å². The first-order valence-electron chi connectivity index (χ1n) is 8.91. The van der Waals surface area contributed by atoms with Crippen LogP contribution in [0.5, 0.6) is 0 Å². The largest absolute Gasteiger partial charge is 0.370 e. The van der Waals surface area contributed by atoms with Gasteiger partial charge in [-0.25, -0.2) is 4.98 Å². The summed E-state index contributed by atoms with van der Waals surface area (Å²) in [5.41, 5.74) is 1.20. The third-order valence-electron chi connectivity index (χ3n) is 4.75. The van der Waals surface area contributed by atoms with Gasteiger partial charge in [0.15, 0.2) is 0 Å². The molecule has 1 N–H and O–H groups in total. The summed E-state index contributed by atoms with van der Waals surface area (Å²) >= 11 is 1.51. The predicted molar refractivity (Wildman–Crippen MR) is 104 cm³/mol. The van der Waals surface area contributed by atoms with Gasteiger partial charge >= 0.3 is 0 Å². The zero-order valence-corrected chi connectivity index (χ0v) is 15.4. The number of amides is 1. The van der Waals surface area contributed by atoms with Crippen molar-refractivity contribution in [1.82, 2.24) is 14.5 Å². The fourth-order valence-electron chi connectivity index (χ4n) is 3.44. The minimum Gasteiger partial charge on any atom is -0.370 e. The lowest BCUT2D eigenvalue weighted by Crippen LogP contribution is -2.34. The van der Waals surface area contributed by atoms with Gasteiger partial charge < -0.3 is 14.8 Å². The van der Waals surface area contributed by atoms with Crippen LogP contribution < -0.4 is 5.32 Å².